The molecule has 1 aliphatic carbocycles. The molecule has 1 amide bonds. The largest absolute Gasteiger partial charge is 0.378 e. The second-order valence-corrected chi connectivity index (χ2v) is 7.57. The Hall–Kier alpha value is -1.55. The normalized spacial score (nSPS) is 22.7. The van der Waals surface area contributed by atoms with Crippen LogP contribution in [0.4, 0.5) is 5.69 Å². The Morgan fingerprint density at radius 3 is 2.33 bits per heavy atom. The number of anilines is 1. The van der Waals surface area contributed by atoms with Crippen LogP contribution in [0.5, 0.6) is 0 Å². The van der Waals surface area contributed by atoms with Crippen molar-refractivity contribution < 1.29 is 9.53 Å². The van der Waals surface area contributed by atoms with E-state index in [1.807, 2.05) is 6.07 Å². The molecule has 1 aromatic rings. The van der Waals surface area contributed by atoms with Crippen molar-refractivity contribution >= 4 is 11.6 Å². The second kappa shape index (κ2) is 6.75. The summed E-state index contributed by atoms with van der Waals surface area (Å²) >= 11 is 0. The summed E-state index contributed by atoms with van der Waals surface area (Å²) < 4.78 is 5.45. The van der Waals surface area contributed by atoms with Crippen molar-refractivity contribution in [2.75, 3.05) is 44.3 Å². The predicted molar refractivity (Wildman–Crippen MR) is 95.6 cm³/mol. The average Bonchev–Trinajstić information content (AvgIpc) is 3.48. The third-order valence-electron chi connectivity index (χ3n) is 5.92. The third kappa shape index (κ3) is 3.30. The maximum Gasteiger partial charge on any atom is 0.253 e. The predicted octanol–water partition coefficient (Wildman–Crippen LogP) is 3.09. The SMILES string of the molecule is Cc1ccc(C(=O)N2CCC(C3CC3)CC2)cc1N1CCOCC1. The van der Waals surface area contributed by atoms with Gasteiger partial charge in [0, 0.05) is 37.4 Å². The van der Waals surface area contributed by atoms with Crippen LogP contribution in [0.25, 0.3) is 0 Å². The molecular weight excluding hydrogens is 300 g/mol. The van der Waals surface area contributed by atoms with Crippen molar-refractivity contribution in [2.24, 2.45) is 11.8 Å². The van der Waals surface area contributed by atoms with E-state index < -0.39 is 0 Å². The van der Waals surface area contributed by atoms with E-state index in [0.717, 1.165) is 56.8 Å². The highest BCUT2D eigenvalue weighted by Gasteiger charge is 2.34. The molecule has 0 atom stereocenters. The molecule has 4 rings (SSSR count). The maximum absolute atomic E-state index is 12.9. The van der Waals surface area contributed by atoms with Crippen LogP contribution in [-0.4, -0.2) is 50.2 Å². The number of piperidine rings is 1. The summed E-state index contributed by atoms with van der Waals surface area (Å²) in [5.41, 5.74) is 3.27. The summed E-state index contributed by atoms with van der Waals surface area (Å²) in [6.07, 6.45) is 5.22. The van der Waals surface area contributed by atoms with Gasteiger partial charge in [-0.15, -0.1) is 0 Å². The van der Waals surface area contributed by atoms with Gasteiger partial charge in [-0.1, -0.05) is 6.07 Å². The van der Waals surface area contributed by atoms with Gasteiger partial charge in [0.25, 0.3) is 5.91 Å². The first kappa shape index (κ1) is 15.9. The molecule has 1 saturated carbocycles. The number of carbonyl (C=O) groups excluding carboxylic acids is 1. The Bertz CT molecular complexity index is 598. The number of aryl methyl sites for hydroxylation is 1. The zero-order valence-corrected chi connectivity index (χ0v) is 14.7. The van der Waals surface area contributed by atoms with E-state index >= 15 is 0 Å². The van der Waals surface area contributed by atoms with Gasteiger partial charge in [-0.3, -0.25) is 4.79 Å². The van der Waals surface area contributed by atoms with Crippen LogP contribution in [0.1, 0.15) is 41.6 Å². The van der Waals surface area contributed by atoms with Crippen molar-refractivity contribution in [2.45, 2.75) is 32.6 Å². The summed E-state index contributed by atoms with van der Waals surface area (Å²) in [5.74, 6) is 2.05. The number of likely N-dealkylation sites (tertiary alicyclic amines) is 1. The molecular formula is C20H28N2O2. The molecule has 130 valence electrons. The molecule has 0 unspecified atom stereocenters. The maximum atomic E-state index is 12.9. The molecule has 3 fully saturated rings. The van der Waals surface area contributed by atoms with E-state index in [4.69, 9.17) is 4.74 Å². The lowest BCUT2D eigenvalue weighted by molar-refractivity contribution is 0.0680. The summed E-state index contributed by atoms with van der Waals surface area (Å²) in [5, 5.41) is 0. The lowest BCUT2D eigenvalue weighted by atomic mass is 9.92. The first-order valence-corrected chi connectivity index (χ1v) is 9.45. The Morgan fingerprint density at radius 1 is 1.00 bits per heavy atom. The zero-order valence-electron chi connectivity index (χ0n) is 14.7. The van der Waals surface area contributed by atoms with Gasteiger partial charge >= 0.3 is 0 Å². The quantitative estimate of drug-likeness (QED) is 0.855. The van der Waals surface area contributed by atoms with Gasteiger partial charge in [-0.05, 0) is 62.1 Å². The van der Waals surface area contributed by atoms with Crippen molar-refractivity contribution in [3.05, 3.63) is 29.3 Å². The highest BCUT2D eigenvalue weighted by molar-refractivity contribution is 5.95. The van der Waals surface area contributed by atoms with Gasteiger partial charge in [-0.25, -0.2) is 0 Å². The van der Waals surface area contributed by atoms with Crippen molar-refractivity contribution in [3.63, 3.8) is 0 Å². The van der Waals surface area contributed by atoms with Gasteiger partial charge in [0.15, 0.2) is 0 Å². The van der Waals surface area contributed by atoms with Crippen LogP contribution in [-0.2, 0) is 4.74 Å². The summed E-state index contributed by atoms with van der Waals surface area (Å²) in [4.78, 5) is 17.3. The molecule has 4 nitrogen and oxygen atoms in total. The van der Waals surface area contributed by atoms with Gasteiger partial charge in [0.05, 0.1) is 13.2 Å². The first-order chi connectivity index (χ1) is 11.7. The van der Waals surface area contributed by atoms with Crippen LogP contribution in [0.3, 0.4) is 0 Å². The molecule has 4 heteroatoms. The Morgan fingerprint density at radius 2 is 1.67 bits per heavy atom. The molecule has 24 heavy (non-hydrogen) atoms. The van der Waals surface area contributed by atoms with Crippen molar-refractivity contribution in [3.8, 4) is 0 Å². The smallest absolute Gasteiger partial charge is 0.253 e. The zero-order chi connectivity index (χ0) is 16.5. The Balaban J connectivity index is 1.46. The first-order valence-electron chi connectivity index (χ1n) is 9.45. The number of rotatable bonds is 3. The number of morpholine rings is 1. The minimum atomic E-state index is 0.207. The summed E-state index contributed by atoms with van der Waals surface area (Å²) in [7, 11) is 0. The molecule has 3 aliphatic rings. The van der Waals surface area contributed by atoms with Crippen LogP contribution < -0.4 is 4.90 Å². The summed E-state index contributed by atoms with van der Waals surface area (Å²) in [6.45, 7) is 7.34. The summed E-state index contributed by atoms with van der Waals surface area (Å²) in [6, 6.07) is 6.18. The van der Waals surface area contributed by atoms with E-state index in [2.05, 4.69) is 28.9 Å². The van der Waals surface area contributed by atoms with Gasteiger partial charge in [-0.2, -0.15) is 0 Å². The lowest BCUT2D eigenvalue weighted by Gasteiger charge is -2.33. The van der Waals surface area contributed by atoms with E-state index in [1.165, 1.54) is 36.9 Å². The van der Waals surface area contributed by atoms with Crippen LogP contribution in [0.15, 0.2) is 18.2 Å². The van der Waals surface area contributed by atoms with Crippen LogP contribution >= 0.6 is 0 Å². The fourth-order valence-electron chi connectivity index (χ4n) is 4.21. The lowest BCUT2D eigenvalue weighted by Crippen LogP contribution is -2.39. The number of hydrogen-bond acceptors (Lipinski definition) is 3. The van der Waals surface area contributed by atoms with E-state index in [1.54, 1.807) is 0 Å². The number of amides is 1. The highest BCUT2D eigenvalue weighted by atomic mass is 16.5. The van der Waals surface area contributed by atoms with E-state index in [-0.39, 0.29) is 5.91 Å². The number of carbonyl (C=O) groups is 1. The molecule has 0 spiro atoms. The minimum Gasteiger partial charge on any atom is -0.378 e. The van der Waals surface area contributed by atoms with E-state index in [9.17, 15) is 4.79 Å². The highest BCUT2D eigenvalue weighted by Crippen LogP contribution is 2.41. The molecule has 1 aromatic carbocycles. The number of hydrogen-bond donors (Lipinski definition) is 0. The fourth-order valence-corrected chi connectivity index (χ4v) is 4.21. The third-order valence-corrected chi connectivity index (χ3v) is 5.92. The molecule has 2 heterocycles. The molecule has 0 bridgehead atoms. The van der Waals surface area contributed by atoms with E-state index in [0.29, 0.717) is 0 Å². The molecule has 2 aliphatic heterocycles. The standard InChI is InChI=1S/C20H28N2O2/c1-15-2-3-18(14-19(15)21-10-12-24-13-11-21)20(23)22-8-6-17(7-9-22)16-4-5-16/h2-3,14,16-17H,4-13H2,1H3. The van der Waals surface area contributed by atoms with Gasteiger partial charge < -0.3 is 14.5 Å². The number of benzene rings is 1. The molecule has 2 saturated heterocycles. The number of ether oxygens (including phenoxy) is 1. The Kier molecular flexibility index (Phi) is 4.49. The van der Waals surface area contributed by atoms with Crippen LogP contribution in [0.2, 0.25) is 0 Å². The Labute approximate surface area is 144 Å². The van der Waals surface area contributed by atoms with Crippen molar-refractivity contribution in [1.29, 1.82) is 0 Å². The van der Waals surface area contributed by atoms with Crippen LogP contribution in [0, 0.1) is 18.8 Å². The topological polar surface area (TPSA) is 32.8 Å². The molecule has 0 aromatic heterocycles. The van der Waals surface area contributed by atoms with Crippen molar-refractivity contribution in [1.82, 2.24) is 4.90 Å². The van der Waals surface area contributed by atoms with Gasteiger partial charge in [0.2, 0.25) is 0 Å². The minimum absolute atomic E-state index is 0.207. The second-order valence-electron chi connectivity index (χ2n) is 7.57. The fraction of sp³-hybridized carbons (Fsp3) is 0.650. The molecule has 0 N–H and O–H groups in total. The van der Waals surface area contributed by atoms with Gasteiger partial charge in [0.1, 0.15) is 0 Å². The monoisotopic (exact) mass is 328 g/mol. The average molecular weight is 328 g/mol. The number of nitrogens with zero attached hydrogens (tertiary/aromatic N) is 2. The molecule has 0 radical (unpaired) electrons.